The van der Waals surface area contributed by atoms with Crippen LogP contribution in [0.15, 0.2) is 99.6 Å². The maximum Gasteiger partial charge on any atom is 0.465 e. The Kier molecular flexibility index (Phi) is 12.2. The van der Waals surface area contributed by atoms with Crippen LogP contribution >= 0.6 is 0 Å². The summed E-state index contributed by atoms with van der Waals surface area (Å²) in [5, 5.41) is -4.96. The van der Waals surface area contributed by atoms with Crippen LogP contribution in [-0.4, -0.2) is 30.3 Å². The van der Waals surface area contributed by atoms with Crippen LogP contribution < -0.4 is 0 Å². The fraction of sp³-hybridized carbons (Fsp3) is 0.596. The maximum atomic E-state index is 14.0. The van der Waals surface area contributed by atoms with Gasteiger partial charge in [0.15, 0.2) is 14.7 Å². The predicted molar refractivity (Wildman–Crippen MR) is 219 cm³/mol. The van der Waals surface area contributed by atoms with Crippen LogP contribution in [0.1, 0.15) is 110 Å². The van der Waals surface area contributed by atoms with Gasteiger partial charge in [0.05, 0.1) is 10.9 Å². The number of benzene rings is 3. The molecule has 0 unspecified atom stereocenters. The summed E-state index contributed by atoms with van der Waals surface area (Å²) in [6.07, 6.45) is 12.7. The quantitative estimate of drug-likeness (QED) is 0.106. The van der Waals surface area contributed by atoms with E-state index in [9.17, 15) is 22.0 Å². The smallest absolute Gasteiger partial charge is 0.457 e. The molecule has 0 spiro atoms. The molecule has 0 aliphatic heterocycles. The summed E-state index contributed by atoms with van der Waals surface area (Å²) in [5.74, 6) is 1.85. The van der Waals surface area contributed by atoms with Crippen molar-refractivity contribution in [3.63, 3.8) is 0 Å². The topological polar surface area (TPSA) is 80.7 Å². The van der Waals surface area contributed by atoms with E-state index in [2.05, 4.69) is 113 Å². The van der Waals surface area contributed by atoms with Crippen molar-refractivity contribution < 1.29 is 31.3 Å². The molecule has 304 valence electrons. The van der Waals surface area contributed by atoms with Crippen molar-refractivity contribution in [3.05, 3.63) is 90.5 Å². The van der Waals surface area contributed by atoms with E-state index in [0.717, 1.165) is 32.1 Å². The van der Waals surface area contributed by atoms with Crippen molar-refractivity contribution in [3.8, 4) is 0 Å². The van der Waals surface area contributed by atoms with Gasteiger partial charge in [-0.2, -0.15) is 17.2 Å². The summed E-state index contributed by atoms with van der Waals surface area (Å²) in [5.41, 5.74) is 1.75. The summed E-state index contributed by atoms with van der Waals surface area (Å²) < 4.78 is 64.4. The molecule has 0 saturated heterocycles. The third-order valence-corrected chi connectivity index (χ3v) is 18.1. The van der Waals surface area contributed by atoms with E-state index < -0.39 is 27.4 Å². The first kappa shape index (κ1) is 41.4. The molecule has 3 aromatic rings. The van der Waals surface area contributed by atoms with Gasteiger partial charge in [-0.05, 0) is 165 Å². The summed E-state index contributed by atoms with van der Waals surface area (Å²) in [4.78, 5) is 16.2. The summed E-state index contributed by atoms with van der Waals surface area (Å²) in [6.45, 7) is 9.68. The summed E-state index contributed by atoms with van der Waals surface area (Å²) in [6, 6.07) is 31.3. The molecule has 4 saturated carbocycles. The Morgan fingerprint density at radius 3 is 2.09 bits per heavy atom. The SMILES string of the molecule is CC(C)CCC[C@@H](Cc1cccc([S+](c2ccccc2)c2ccccc2)c1)[C@H]1CC[C@H]2[C@@H]3CC[C@H]4C[C@@H](OC(=O)C(F)(F)S(=O)(=O)O)CC[C@]4(C)[C@H]3CC[C@]12C. The fourth-order valence-corrected chi connectivity index (χ4v) is 14.7. The molecule has 9 heteroatoms. The van der Waals surface area contributed by atoms with Gasteiger partial charge < -0.3 is 4.74 Å². The number of carbonyl (C=O) groups excluding carboxylic acids is 1. The zero-order valence-electron chi connectivity index (χ0n) is 33.5. The standard InChI is InChI=1S/C47H60F2O5S2/c1-32(2)13-11-15-34(29-33-14-12-20-39(30-33)55(37-16-7-5-8-17-37)38-18-9-6-10-19-38)41-23-24-42-40-22-21-35-31-36(54-44(50)47(48,49)56(51,52)53)25-27-45(35,3)43(40)26-28-46(41,42)4/h5-10,12,14,16-20,30,32,34-36,40-43H,11,13,15,21-29,31H2,1-4H3/p+1/t34-,35-,36-,40-,41+,42-,43-,45-,46+/m0/s1. The molecule has 5 nitrogen and oxygen atoms in total. The lowest BCUT2D eigenvalue weighted by Gasteiger charge is -2.61. The first-order valence-corrected chi connectivity index (χ1v) is 23.8. The predicted octanol–water partition coefficient (Wildman–Crippen LogP) is 11.8. The number of ether oxygens (including phenoxy) is 1. The Morgan fingerprint density at radius 1 is 0.821 bits per heavy atom. The van der Waals surface area contributed by atoms with E-state index >= 15 is 0 Å². The molecule has 7 rings (SSSR count). The molecule has 4 fully saturated rings. The van der Waals surface area contributed by atoms with Crippen LogP contribution in [0, 0.1) is 52.3 Å². The van der Waals surface area contributed by atoms with E-state index in [-0.39, 0.29) is 27.6 Å². The van der Waals surface area contributed by atoms with E-state index in [1.165, 1.54) is 58.8 Å². The van der Waals surface area contributed by atoms with Crippen LogP contribution in [0.2, 0.25) is 0 Å². The second kappa shape index (κ2) is 16.5. The van der Waals surface area contributed by atoms with Crippen LogP contribution in [0.25, 0.3) is 0 Å². The number of carbonyl (C=O) groups is 1. The molecule has 0 radical (unpaired) electrons. The zero-order valence-corrected chi connectivity index (χ0v) is 35.2. The van der Waals surface area contributed by atoms with Crippen molar-refractivity contribution in [2.45, 2.75) is 137 Å². The molecule has 0 bridgehead atoms. The van der Waals surface area contributed by atoms with Gasteiger partial charge in [0.25, 0.3) is 0 Å². The van der Waals surface area contributed by atoms with Gasteiger partial charge in [0.1, 0.15) is 6.10 Å². The number of alkyl halides is 2. The maximum absolute atomic E-state index is 14.0. The molecule has 3 aromatic carbocycles. The van der Waals surface area contributed by atoms with Crippen molar-refractivity contribution in [1.82, 2.24) is 0 Å². The molecule has 0 aromatic heterocycles. The number of esters is 1. The Balaban J connectivity index is 1.09. The molecule has 4 aliphatic rings. The molecular weight excluding hydrogens is 747 g/mol. The van der Waals surface area contributed by atoms with Gasteiger partial charge >= 0.3 is 21.3 Å². The van der Waals surface area contributed by atoms with Crippen molar-refractivity contribution >= 4 is 27.0 Å². The largest absolute Gasteiger partial charge is 0.465 e. The van der Waals surface area contributed by atoms with E-state index in [0.29, 0.717) is 48.3 Å². The first-order chi connectivity index (χ1) is 26.6. The van der Waals surface area contributed by atoms with Crippen molar-refractivity contribution in [1.29, 1.82) is 0 Å². The van der Waals surface area contributed by atoms with Gasteiger partial charge in [0, 0.05) is 0 Å². The van der Waals surface area contributed by atoms with Crippen molar-refractivity contribution in [2.75, 3.05) is 0 Å². The first-order valence-electron chi connectivity index (χ1n) is 21.1. The number of halogens is 2. The van der Waals surface area contributed by atoms with Gasteiger partial charge in [-0.3, -0.25) is 4.55 Å². The minimum absolute atomic E-state index is 0.0305. The Hall–Kier alpha value is -2.75. The molecule has 0 amide bonds. The molecule has 56 heavy (non-hydrogen) atoms. The number of fused-ring (bicyclic) bond motifs is 5. The normalized spacial score (nSPS) is 31.0. The van der Waals surface area contributed by atoms with Crippen LogP contribution in [0.4, 0.5) is 8.78 Å². The second-order valence-electron chi connectivity index (χ2n) is 18.5. The second-order valence-corrected chi connectivity index (χ2v) is 22.0. The van der Waals surface area contributed by atoms with Crippen molar-refractivity contribution in [2.24, 2.45) is 52.3 Å². The lowest BCUT2D eigenvalue weighted by atomic mass is 9.44. The highest BCUT2D eigenvalue weighted by molar-refractivity contribution is 7.97. The third kappa shape index (κ3) is 8.12. The Bertz CT molecular complexity index is 1880. The molecular formula is C47H61F2O5S2+. The third-order valence-electron chi connectivity index (χ3n) is 15.0. The van der Waals surface area contributed by atoms with Gasteiger partial charge in [0.2, 0.25) is 0 Å². The van der Waals surface area contributed by atoms with Gasteiger partial charge in [-0.1, -0.05) is 89.1 Å². The van der Waals surface area contributed by atoms with Crippen LogP contribution in [-0.2, 0) is 37.0 Å². The molecule has 9 atom stereocenters. The number of hydrogen-bond donors (Lipinski definition) is 1. The van der Waals surface area contributed by atoms with Gasteiger partial charge in [-0.15, -0.1) is 0 Å². The fourth-order valence-electron chi connectivity index (χ4n) is 12.3. The highest BCUT2D eigenvalue weighted by atomic mass is 32.2. The highest BCUT2D eigenvalue weighted by Crippen LogP contribution is 2.68. The molecule has 0 heterocycles. The molecule has 4 aliphatic carbocycles. The monoisotopic (exact) mass is 807 g/mol. The lowest BCUT2D eigenvalue weighted by Crippen LogP contribution is -2.54. The number of rotatable bonds is 13. The summed E-state index contributed by atoms with van der Waals surface area (Å²) in [7, 11) is -6.08. The Labute approximate surface area is 336 Å². The highest BCUT2D eigenvalue weighted by Gasteiger charge is 2.62. The minimum atomic E-state index is -5.89. The Morgan fingerprint density at radius 2 is 1.45 bits per heavy atom. The molecule has 1 N–H and O–H groups in total. The average molecular weight is 808 g/mol. The van der Waals surface area contributed by atoms with Gasteiger partial charge in [-0.25, -0.2) is 4.79 Å². The average Bonchev–Trinajstić information content (AvgIpc) is 3.52. The van der Waals surface area contributed by atoms with E-state index in [1.54, 1.807) is 0 Å². The van der Waals surface area contributed by atoms with Crippen LogP contribution in [0.3, 0.4) is 0 Å². The summed E-state index contributed by atoms with van der Waals surface area (Å²) >= 11 is 0. The number of hydrogen-bond acceptors (Lipinski definition) is 4. The van der Waals surface area contributed by atoms with Crippen LogP contribution in [0.5, 0.6) is 0 Å². The minimum Gasteiger partial charge on any atom is -0.457 e. The van der Waals surface area contributed by atoms with E-state index in [4.69, 9.17) is 9.29 Å². The zero-order chi connectivity index (χ0) is 39.9. The van der Waals surface area contributed by atoms with E-state index in [1.807, 2.05) is 0 Å². The lowest BCUT2D eigenvalue weighted by molar-refractivity contribution is -0.177.